The lowest BCUT2D eigenvalue weighted by atomic mass is 9.87. The highest BCUT2D eigenvalue weighted by atomic mass is 15.0. The van der Waals surface area contributed by atoms with E-state index >= 15 is 0 Å². The molecule has 2 aliphatic rings. The van der Waals surface area contributed by atoms with Gasteiger partial charge < -0.3 is 16.4 Å². The number of anilines is 2. The summed E-state index contributed by atoms with van der Waals surface area (Å²) in [5, 5.41) is 12.8. The van der Waals surface area contributed by atoms with Gasteiger partial charge in [0, 0.05) is 34.6 Å². The van der Waals surface area contributed by atoms with Crippen molar-refractivity contribution in [3.63, 3.8) is 0 Å². The fourth-order valence-corrected chi connectivity index (χ4v) is 8.32. The van der Waals surface area contributed by atoms with Gasteiger partial charge in [0.1, 0.15) is 0 Å². The minimum absolute atomic E-state index is 0.0517. The summed E-state index contributed by atoms with van der Waals surface area (Å²) in [7, 11) is 0. The molecule has 0 aromatic heterocycles. The van der Waals surface area contributed by atoms with E-state index in [1.807, 2.05) is 6.08 Å². The molecular weight excluding hydrogens is 667 g/mol. The van der Waals surface area contributed by atoms with Crippen molar-refractivity contribution >= 4 is 38.5 Å². The standard InChI is InChI=1S/C52H45N3/c53-48-25-8-9-26-49(48)55-51(43-20-11-19-42(35-43)39-29-27-38(28-30-39)37-14-2-1-3-15-37)34-36-13-10-21-44(33-36)54-50-32-31-41-17-5-7-23-46(41)52(50)47-24-12-18-40-16-4-6-22-45(40)47/h1-25,27,29-33,35,38,49,51,54-55H,26,28,34,53H2/t38?,49?,51-/m0/s1. The molecule has 7 aromatic rings. The zero-order chi connectivity index (χ0) is 37.0. The molecule has 0 saturated carbocycles. The van der Waals surface area contributed by atoms with E-state index in [0.717, 1.165) is 36.3 Å². The molecule has 0 heterocycles. The molecule has 268 valence electrons. The number of nitrogens with two attached hydrogens (primary N) is 1. The average Bonchev–Trinajstić information content (AvgIpc) is 3.24. The number of rotatable bonds is 10. The second kappa shape index (κ2) is 15.5. The zero-order valence-corrected chi connectivity index (χ0v) is 30.9. The molecule has 0 amide bonds. The van der Waals surface area contributed by atoms with Crippen molar-refractivity contribution in [2.45, 2.75) is 37.3 Å². The summed E-state index contributed by atoms with van der Waals surface area (Å²) in [6, 6.07) is 57.2. The van der Waals surface area contributed by atoms with E-state index in [2.05, 4.69) is 199 Å². The van der Waals surface area contributed by atoms with Gasteiger partial charge in [-0.05, 0) is 105 Å². The zero-order valence-electron chi connectivity index (χ0n) is 30.9. The van der Waals surface area contributed by atoms with Crippen molar-refractivity contribution in [3.05, 3.63) is 222 Å². The van der Waals surface area contributed by atoms with E-state index in [1.165, 1.54) is 60.5 Å². The van der Waals surface area contributed by atoms with Crippen LogP contribution in [0.25, 0.3) is 38.2 Å². The maximum atomic E-state index is 6.57. The second-order valence-corrected chi connectivity index (χ2v) is 14.8. The molecule has 0 spiro atoms. The van der Waals surface area contributed by atoms with E-state index in [9.17, 15) is 0 Å². The van der Waals surface area contributed by atoms with Crippen molar-refractivity contribution in [2.75, 3.05) is 5.32 Å². The number of benzene rings is 7. The quantitative estimate of drug-likeness (QED) is 0.132. The molecule has 0 radical (unpaired) electrons. The van der Waals surface area contributed by atoms with Crippen LogP contribution in [0.3, 0.4) is 0 Å². The van der Waals surface area contributed by atoms with Crippen LogP contribution in [0.2, 0.25) is 0 Å². The SMILES string of the molecule is NC1=CC=CCC1N[C@@H](Cc1cccc(Nc2ccc3ccccc3c2-c2cccc3ccccc23)c1)c1cccc(C2=CCC(c3ccccc3)C=C2)c1. The summed E-state index contributed by atoms with van der Waals surface area (Å²) in [6.07, 6.45) is 16.0. The summed E-state index contributed by atoms with van der Waals surface area (Å²) < 4.78 is 0. The molecule has 3 heteroatoms. The van der Waals surface area contributed by atoms with Crippen LogP contribution in [0.15, 0.2) is 200 Å². The van der Waals surface area contributed by atoms with Crippen LogP contribution in [-0.2, 0) is 6.42 Å². The first-order valence-electron chi connectivity index (χ1n) is 19.4. The Bertz CT molecular complexity index is 2610. The molecular formula is C52H45N3. The summed E-state index contributed by atoms with van der Waals surface area (Å²) in [5.74, 6) is 0.412. The fraction of sp³-hybridized carbons (Fsp3) is 0.115. The highest BCUT2D eigenvalue weighted by molar-refractivity contribution is 6.10. The first-order valence-corrected chi connectivity index (χ1v) is 19.4. The van der Waals surface area contributed by atoms with Crippen LogP contribution < -0.4 is 16.4 Å². The molecule has 7 aromatic carbocycles. The summed E-state index contributed by atoms with van der Waals surface area (Å²) in [4.78, 5) is 0. The normalized spacial score (nSPS) is 17.2. The van der Waals surface area contributed by atoms with E-state index < -0.39 is 0 Å². The minimum atomic E-state index is 0.0517. The number of nitrogens with one attached hydrogen (secondary N) is 2. The van der Waals surface area contributed by atoms with Crippen molar-refractivity contribution in [2.24, 2.45) is 5.73 Å². The Labute approximate surface area is 324 Å². The average molecular weight is 712 g/mol. The highest BCUT2D eigenvalue weighted by Gasteiger charge is 2.22. The summed E-state index contributed by atoms with van der Waals surface area (Å²) in [5.41, 5.74) is 18.4. The molecule has 2 aliphatic carbocycles. The van der Waals surface area contributed by atoms with Gasteiger partial charge in [0.2, 0.25) is 0 Å². The van der Waals surface area contributed by atoms with Gasteiger partial charge in [0.15, 0.2) is 0 Å². The Balaban J connectivity index is 1.03. The third-order valence-electron chi connectivity index (χ3n) is 11.2. The van der Waals surface area contributed by atoms with Gasteiger partial charge in [0.05, 0.1) is 6.04 Å². The van der Waals surface area contributed by atoms with Crippen LogP contribution in [0, 0.1) is 0 Å². The lowest BCUT2D eigenvalue weighted by Crippen LogP contribution is -2.38. The van der Waals surface area contributed by atoms with Gasteiger partial charge in [-0.2, -0.15) is 0 Å². The molecule has 0 aliphatic heterocycles. The van der Waals surface area contributed by atoms with Crippen LogP contribution in [0.4, 0.5) is 11.4 Å². The largest absolute Gasteiger partial charge is 0.401 e. The molecule has 3 nitrogen and oxygen atoms in total. The highest BCUT2D eigenvalue weighted by Crippen LogP contribution is 2.41. The molecule has 9 rings (SSSR count). The first-order chi connectivity index (χ1) is 27.2. The Morgan fingerprint density at radius 1 is 0.673 bits per heavy atom. The van der Waals surface area contributed by atoms with Gasteiger partial charge in [-0.3, -0.25) is 0 Å². The van der Waals surface area contributed by atoms with E-state index in [4.69, 9.17) is 5.73 Å². The Morgan fingerprint density at radius 2 is 1.44 bits per heavy atom. The number of hydrogen-bond donors (Lipinski definition) is 3. The third kappa shape index (κ3) is 7.40. The van der Waals surface area contributed by atoms with Gasteiger partial charge in [-0.25, -0.2) is 0 Å². The van der Waals surface area contributed by atoms with E-state index in [-0.39, 0.29) is 12.1 Å². The van der Waals surface area contributed by atoms with E-state index in [0.29, 0.717) is 5.92 Å². The predicted octanol–water partition coefficient (Wildman–Crippen LogP) is 12.6. The minimum Gasteiger partial charge on any atom is -0.401 e. The van der Waals surface area contributed by atoms with Crippen LogP contribution in [0.1, 0.15) is 47.1 Å². The third-order valence-corrected chi connectivity index (χ3v) is 11.2. The van der Waals surface area contributed by atoms with Crippen molar-refractivity contribution in [1.82, 2.24) is 5.32 Å². The van der Waals surface area contributed by atoms with Crippen LogP contribution >= 0.6 is 0 Å². The molecule has 2 unspecified atom stereocenters. The van der Waals surface area contributed by atoms with Crippen molar-refractivity contribution in [3.8, 4) is 11.1 Å². The Kier molecular flexibility index (Phi) is 9.69. The van der Waals surface area contributed by atoms with Crippen molar-refractivity contribution < 1.29 is 0 Å². The smallest absolute Gasteiger partial charge is 0.0507 e. The monoisotopic (exact) mass is 711 g/mol. The maximum absolute atomic E-state index is 6.57. The van der Waals surface area contributed by atoms with Gasteiger partial charge in [0.25, 0.3) is 0 Å². The Hall–Kier alpha value is -6.42. The van der Waals surface area contributed by atoms with Gasteiger partial charge >= 0.3 is 0 Å². The molecule has 0 bridgehead atoms. The number of hydrogen-bond acceptors (Lipinski definition) is 3. The number of fused-ring (bicyclic) bond motifs is 2. The summed E-state index contributed by atoms with van der Waals surface area (Å²) >= 11 is 0. The lowest BCUT2D eigenvalue weighted by molar-refractivity contribution is 0.464. The predicted molar refractivity (Wildman–Crippen MR) is 233 cm³/mol. The van der Waals surface area contributed by atoms with E-state index in [1.54, 1.807) is 0 Å². The lowest BCUT2D eigenvalue weighted by Gasteiger charge is -2.28. The molecule has 4 N–H and O–H groups in total. The first kappa shape index (κ1) is 34.4. The molecule has 55 heavy (non-hydrogen) atoms. The number of allylic oxidation sites excluding steroid dienone is 6. The van der Waals surface area contributed by atoms with Crippen LogP contribution in [0.5, 0.6) is 0 Å². The summed E-state index contributed by atoms with van der Waals surface area (Å²) in [6.45, 7) is 0. The molecule has 0 saturated heterocycles. The topological polar surface area (TPSA) is 50.1 Å². The molecule has 3 atom stereocenters. The second-order valence-electron chi connectivity index (χ2n) is 14.8. The maximum Gasteiger partial charge on any atom is 0.0507 e. The Morgan fingerprint density at radius 3 is 2.27 bits per heavy atom. The van der Waals surface area contributed by atoms with Gasteiger partial charge in [-0.15, -0.1) is 0 Å². The van der Waals surface area contributed by atoms with Gasteiger partial charge in [-0.1, -0.05) is 164 Å². The van der Waals surface area contributed by atoms with Crippen LogP contribution in [-0.4, -0.2) is 6.04 Å². The molecule has 0 fully saturated rings. The van der Waals surface area contributed by atoms with Crippen molar-refractivity contribution in [1.29, 1.82) is 0 Å². The fourth-order valence-electron chi connectivity index (χ4n) is 8.32.